The van der Waals surface area contributed by atoms with E-state index in [0.717, 1.165) is 16.7 Å². The van der Waals surface area contributed by atoms with Gasteiger partial charge < -0.3 is 30.3 Å². The van der Waals surface area contributed by atoms with Gasteiger partial charge in [-0.1, -0.05) is 42.5 Å². The van der Waals surface area contributed by atoms with Crippen LogP contribution in [0.3, 0.4) is 0 Å². The molecule has 1 atom stereocenters. The fraction of sp³-hybridized carbons (Fsp3) is 0.241. The second-order valence-electron chi connectivity index (χ2n) is 8.77. The minimum atomic E-state index is -0.582. The summed E-state index contributed by atoms with van der Waals surface area (Å²) in [5.74, 6) is 0.710. The van der Waals surface area contributed by atoms with Crippen molar-refractivity contribution < 1.29 is 29.3 Å². The van der Waals surface area contributed by atoms with E-state index >= 15 is 0 Å². The van der Waals surface area contributed by atoms with Crippen molar-refractivity contribution in [2.24, 2.45) is 0 Å². The van der Waals surface area contributed by atoms with Crippen molar-refractivity contribution in [3.8, 4) is 23.0 Å². The summed E-state index contributed by atoms with van der Waals surface area (Å²) in [6.45, 7) is 0. The van der Waals surface area contributed by atoms with Gasteiger partial charge >= 0.3 is 6.03 Å². The molecule has 0 saturated heterocycles. The number of carbonyl (C=O) groups is 2. The molecule has 0 saturated carbocycles. The molecule has 4 N–H and O–H groups in total. The third kappa shape index (κ3) is 6.03. The predicted octanol–water partition coefficient (Wildman–Crippen LogP) is 4.56. The smallest absolute Gasteiger partial charge is 0.319 e. The third-order valence-electron chi connectivity index (χ3n) is 6.38. The van der Waals surface area contributed by atoms with Crippen molar-refractivity contribution in [3.05, 3.63) is 94.7 Å². The summed E-state index contributed by atoms with van der Waals surface area (Å²) >= 11 is 0. The highest BCUT2D eigenvalue weighted by Gasteiger charge is 2.32. The highest BCUT2D eigenvalue weighted by molar-refractivity contribution is 6.00. The number of urea groups is 1. The average molecular weight is 503 g/mol. The van der Waals surface area contributed by atoms with Gasteiger partial charge in [0, 0.05) is 17.7 Å². The van der Waals surface area contributed by atoms with E-state index in [0.29, 0.717) is 42.0 Å². The van der Waals surface area contributed by atoms with Crippen molar-refractivity contribution in [3.63, 3.8) is 0 Å². The molecule has 0 bridgehead atoms. The monoisotopic (exact) mass is 502 g/mol. The SMILES string of the molecule is COc1cc(CCC(=O)C2=C(CCc3ccc(O)c(OC)c3)NC(=O)NC2c2ccccc2)ccc1O. The van der Waals surface area contributed by atoms with Crippen LogP contribution in [0.15, 0.2) is 78.0 Å². The minimum Gasteiger partial charge on any atom is -0.504 e. The number of ether oxygens (including phenoxy) is 2. The Balaban J connectivity index is 1.63. The number of carbonyl (C=O) groups excluding carboxylic acids is 2. The molecule has 8 heteroatoms. The number of nitrogens with one attached hydrogen (secondary N) is 2. The molecule has 192 valence electrons. The molecule has 1 aliphatic heterocycles. The maximum atomic E-state index is 13.7. The second-order valence-corrected chi connectivity index (χ2v) is 8.77. The van der Waals surface area contributed by atoms with Crippen LogP contribution < -0.4 is 20.1 Å². The molecule has 2 amide bonds. The van der Waals surface area contributed by atoms with Crippen molar-refractivity contribution in [1.82, 2.24) is 10.6 Å². The highest BCUT2D eigenvalue weighted by Crippen LogP contribution is 2.32. The Bertz CT molecular complexity index is 1320. The molecule has 0 aromatic heterocycles. The van der Waals surface area contributed by atoms with Crippen molar-refractivity contribution in [2.75, 3.05) is 14.2 Å². The molecule has 0 fully saturated rings. The van der Waals surface area contributed by atoms with Gasteiger partial charge in [0.25, 0.3) is 0 Å². The first-order valence-corrected chi connectivity index (χ1v) is 12.0. The van der Waals surface area contributed by atoms with Gasteiger partial charge in [-0.2, -0.15) is 0 Å². The lowest BCUT2D eigenvalue weighted by Crippen LogP contribution is -2.45. The van der Waals surface area contributed by atoms with Crippen LogP contribution in [0.5, 0.6) is 23.0 Å². The fourth-order valence-electron chi connectivity index (χ4n) is 4.46. The Morgan fingerprint density at radius 1 is 0.838 bits per heavy atom. The van der Waals surface area contributed by atoms with E-state index in [4.69, 9.17) is 9.47 Å². The Labute approximate surface area is 215 Å². The number of allylic oxidation sites excluding steroid dienone is 1. The number of amides is 2. The molecule has 0 radical (unpaired) electrons. The summed E-state index contributed by atoms with van der Waals surface area (Å²) in [7, 11) is 2.96. The van der Waals surface area contributed by atoms with Crippen LogP contribution in [0.1, 0.15) is 35.6 Å². The number of rotatable bonds is 10. The number of benzene rings is 3. The van der Waals surface area contributed by atoms with E-state index in [-0.39, 0.29) is 29.7 Å². The van der Waals surface area contributed by atoms with E-state index in [1.54, 1.807) is 36.4 Å². The maximum Gasteiger partial charge on any atom is 0.319 e. The number of ketones is 1. The number of aryl methyl sites for hydroxylation is 2. The predicted molar refractivity (Wildman–Crippen MR) is 139 cm³/mol. The quantitative estimate of drug-likeness (QED) is 0.323. The van der Waals surface area contributed by atoms with Gasteiger partial charge in [0.15, 0.2) is 28.8 Å². The summed E-state index contributed by atoms with van der Waals surface area (Å²) in [4.78, 5) is 26.3. The van der Waals surface area contributed by atoms with E-state index in [1.807, 2.05) is 30.3 Å². The van der Waals surface area contributed by atoms with Crippen molar-refractivity contribution >= 4 is 11.8 Å². The van der Waals surface area contributed by atoms with Gasteiger partial charge in [0.2, 0.25) is 0 Å². The number of methoxy groups -OCH3 is 2. The fourth-order valence-corrected chi connectivity index (χ4v) is 4.46. The lowest BCUT2D eigenvalue weighted by molar-refractivity contribution is -0.116. The lowest BCUT2D eigenvalue weighted by atomic mass is 9.88. The van der Waals surface area contributed by atoms with E-state index in [9.17, 15) is 19.8 Å². The largest absolute Gasteiger partial charge is 0.504 e. The van der Waals surface area contributed by atoms with Crippen LogP contribution in [-0.4, -0.2) is 36.2 Å². The lowest BCUT2D eigenvalue weighted by Gasteiger charge is -2.30. The van der Waals surface area contributed by atoms with Crippen molar-refractivity contribution in [1.29, 1.82) is 0 Å². The zero-order chi connectivity index (χ0) is 26.4. The summed E-state index contributed by atoms with van der Waals surface area (Å²) in [5, 5.41) is 25.5. The first kappa shape index (κ1) is 25.6. The summed E-state index contributed by atoms with van der Waals surface area (Å²) in [6, 6.07) is 18.6. The molecule has 8 nitrogen and oxygen atoms in total. The number of hydrogen-bond acceptors (Lipinski definition) is 6. The molecule has 37 heavy (non-hydrogen) atoms. The highest BCUT2D eigenvalue weighted by atomic mass is 16.5. The minimum absolute atomic E-state index is 0.0387. The van der Waals surface area contributed by atoms with Crippen LogP contribution in [0, 0.1) is 0 Å². The van der Waals surface area contributed by atoms with Gasteiger partial charge in [-0.25, -0.2) is 4.79 Å². The Morgan fingerprint density at radius 2 is 1.43 bits per heavy atom. The number of phenolic OH excluding ortho intramolecular Hbond substituents is 2. The normalized spacial score (nSPS) is 15.1. The molecule has 1 unspecified atom stereocenters. The third-order valence-corrected chi connectivity index (χ3v) is 6.38. The van der Waals surface area contributed by atoms with Crippen LogP contribution in [-0.2, 0) is 17.6 Å². The first-order valence-electron chi connectivity index (χ1n) is 12.0. The van der Waals surface area contributed by atoms with Crippen LogP contribution in [0.2, 0.25) is 0 Å². The van der Waals surface area contributed by atoms with E-state index in [1.165, 1.54) is 14.2 Å². The van der Waals surface area contributed by atoms with Crippen LogP contribution >= 0.6 is 0 Å². The Kier molecular flexibility index (Phi) is 7.98. The topological polar surface area (TPSA) is 117 Å². The Morgan fingerprint density at radius 3 is 2.03 bits per heavy atom. The van der Waals surface area contributed by atoms with E-state index in [2.05, 4.69) is 10.6 Å². The van der Waals surface area contributed by atoms with E-state index < -0.39 is 6.04 Å². The second kappa shape index (κ2) is 11.5. The number of hydrogen-bond donors (Lipinski definition) is 4. The molecule has 0 aliphatic carbocycles. The van der Waals surface area contributed by atoms with Crippen LogP contribution in [0.25, 0.3) is 0 Å². The Hall–Kier alpha value is -4.46. The summed E-state index contributed by atoms with van der Waals surface area (Å²) in [5.41, 5.74) is 3.65. The molecular formula is C29H30N2O6. The standard InChI is InChI=1S/C29H30N2O6/c1-36-25-16-18(9-13-22(25)32)8-12-21-27(28(31-29(35)30-21)20-6-4-3-5-7-20)24(34)15-11-19-10-14-23(33)26(17-19)37-2/h3-7,9-10,13-14,16-17,28,32-33H,8,11-12,15H2,1-2H3,(H2,30,31,35). The number of aromatic hydroxyl groups is 2. The molecule has 4 rings (SSSR count). The zero-order valence-electron chi connectivity index (χ0n) is 20.8. The van der Waals surface area contributed by atoms with Gasteiger partial charge in [0.1, 0.15) is 0 Å². The van der Waals surface area contributed by atoms with Gasteiger partial charge in [-0.05, 0) is 60.2 Å². The molecule has 0 spiro atoms. The van der Waals surface area contributed by atoms with Gasteiger partial charge in [0.05, 0.1) is 20.3 Å². The van der Waals surface area contributed by atoms with Gasteiger partial charge in [-0.15, -0.1) is 0 Å². The average Bonchev–Trinajstić information content (AvgIpc) is 2.92. The summed E-state index contributed by atoms with van der Waals surface area (Å²) in [6.07, 6.45) is 1.59. The molecule has 3 aromatic carbocycles. The molecular weight excluding hydrogens is 472 g/mol. The first-order chi connectivity index (χ1) is 17.9. The van der Waals surface area contributed by atoms with Crippen molar-refractivity contribution in [2.45, 2.75) is 31.7 Å². The van der Waals surface area contributed by atoms with Crippen LogP contribution in [0.4, 0.5) is 4.79 Å². The molecule has 1 aliphatic rings. The number of Topliss-reactive ketones (excluding diaryl/α,β-unsaturated/α-hetero) is 1. The molecule has 3 aromatic rings. The van der Waals surface area contributed by atoms with Gasteiger partial charge in [-0.3, -0.25) is 4.79 Å². The number of phenols is 2. The maximum absolute atomic E-state index is 13.7. The summed E-state index contributed by atoms with van der Waals surface area (Å²) < 4.78 is 10.4. The zero-order valence-corrected chi connectivity index (χ0v) is 20.8. The molecule has 1 heterocycles.